The van der Waals surface area contributed by atoms with Gasteiger partial charge in [-0.05, 0) is 39.8 Å². The SMILES string of the molecule is CC(C)(c1nnn(C(C)(C)C)n1)C(O)C(=O)O. The number of nitrogens with zero attached hydrogens (tertiary/aromatic N) is 4. The van der Waals surface area contributed by atoms with E-state index in [-0.39, 0.29) is 11.4 Å². The topological polar surface area (TPSA) is 101 Å². The Morgan fingerprint density at radius 3 is 2.18 bits per heavy atom. The van der Waals surface area contributed by atoms with E-state index in [9.17, 15) is 9.90 Å². The van der Waals surface area contributed by atoms with Gasteiger partial charge >= 0.3 is 5.97 Å². The van der Waals surface area contributed by atoms with Crippen LogP contribution in [0.3, 0.4) is 0 Å². The first kappa shape index (κ1) is 13.6. The van der Waals surface area contributed by atoms with Crippen LogP contribution in [0.2, 0.25) is 0 Å². The highest BCUT2D eigenvalue weighted by Gasteiger charge is 2.39. The average molecular weight is 242 g/mol. The number of carboxylic acids is 1. The molecule has 1 rings (SSSR count). The summed E-state index contributed by atoms with van der Waals surface area (Å²) in [6, 6.07) is 0. The fourth-order valence-electron chi connectivity index (χ4n) is 1.19. The first-order chi connectivity index (χ1) is 7.56. The van der Waals surface area contributed by atoms with Gasteiger partial charge in [0.15, 0.2) is 11.9 Å². The van der Waals surface area contributed by atoms with Gasteiger partial charge in [-0.15, -0.1) is 10.2 Å². The summed E-state index contributed by atoms with van der Waals surface area (Å²) < 4.78 is 0. The third-order valence-electron chi connectivity index (χ3n) is 2.51. The van der Waals surface area contributed by atoms with E-state index in [0.29, 0.717) is 0 Å². The molecule has 2 N–H and O–H groups in total. The number of aliphatic carboxylic acids is 1. The van der Waals surface area contributed by atoms with E-state index in [0.717, 1.165) is 0 Å². The summed E-state index contributed by atoms with van der Waals surface area (Å²) in [5, 5.41) is 30.2. The predicted octanol–water partition coefficient (Wildman–Crippen LogP) is 0.151. The summed E-state index contributed by atoms with van der Waals surface area (Å²) in [5.74, 6) is -1.09. The Bertz CT molecular complexity index is 419. The van der Waals surface area contributed by atoms with Gasteiger partial charge in [-0.3, -0.25) is 0 Å². The van der Waals surface area contributed by atoms with Crippen molar-refractivity contribution in [1.29, 1.82) is 0 Å². The average Bonchev–Trinajstić information content (AvgIpc) is 2.64. The Labute approximate surface area is 99.4 Å². The lowest BCUT2D eigenvalue weighted by molar-refractivity contribution is -0.150. The van der Waals surface area contributed by atoms with Gasteiger partial charge < -0.3 is 10.2 Å². The van der Waals surface area contributed by atoms with Crippen molar-refractivity contribution in [2.45, 2.75) is 51.7 Å². The number of hydrogen-bond donors (Lipinski definition) is 2. The molecule has 0 saturated carbocycles. The minimum Gasteiger partial charge on any atom is -0.479 e. The summed E-state index contributed by atoms with van der Waals surface area (Å²) in [6.45, 7) is 8.84. The normalized spacial score (nSPS) is 14.7. The van der Waals surface area contributed by atoms with Crippen molar-refractivity contribution in [3.05, 3.63) is 5.82 Å². The molecule has 0 amide bonds. The lowest BCUT2D eigenvalue weighted by Crippen LogP contribution is -2.41. The van der Waals surface area contributed by atoms with Gasteiger partial charge in [0, 0.05) is 0 Å². The minimum atomic E-state index is -1.57. The lowest BCUT2D eigenvalue weighted by Gasteiger charge is -2.23. The smallest absolute Gasteiger partial charge is 0.333 e. The van der Waals surface area contributed by atoms with Crippen molar-refractivity contribution in [2.24, 2.45) is 0 Å². The summed E-state index contributed by atoms with van der Waals surface area (Å²) in [6.07, 6.45) is -1.57. The van der Waals surface area contributed by atoms with Gasteiger partial charge in [0.05, 0.1) is 11.0 Å². The molecule has 0 fully saturated rings. The number of aromatic nitrogens is 4. The molecule has 7 nitrogen and oxygen atoms in total. The molecule has 1 atom stereocenters. The van der Waals surface area contributed by atoms with Crippen LogP contribution in [-0.4, -0.2) is 42.5 Å². The molecule has 0 radical (unpaired) electrons. The maximum atomic E-state index is 10.8. The van der Waals surface area contributed by atoms with Crippen molar-refractivity contribution in [2.75, 3.05) is 0 Å². The maximum Gasteiger partial charge on any atom is 0.333 e. The molecule has 1 heterocycles. The van der Waals surface area contributed by atoms with Crippen molar-refractivity contribution >= 4 is 5.97 Å². The highest BCUT2D eigenvalue weighted by molar-refractivity contribution is 5.74. The number of aliphatic hydroxyl groups excluding tert-OH is 1. The van der Waals surface area contributed by atoms with E-state index in [4.69, 9.17) is 5.11 Å². The van der Waals surface area contributed by atoms with E-state index in [1.807, 2.05) is 20.8 Å². The Balaban J connectivity index is 3.09. The highest BCUT2D eigenvalue weighted by atomic mass is 16.4. The molecule has 0 bridgehead atoms. The quantitative estimate of drug-likeness (QED) is 0.782. The van der Waals surface area contributed by atoms with Crippen LogP contribution in [0.1, 0.15) is 40.4 Å². The van der Waals surface area contributed by atoms with E-state index in [1.165, 1.54) is 4.80 Å². The molecule has 0 aliphatic heterocycles. The first-order valence-electron chi connectivity index (χ1n) is 5.28. The van der Waals surface area contributed by atoms with E-state index < -0.39 is 17.5 Å². The number of carbonyl (C=O) groups is 1. The summed E-state index contributed by atoms with van der Waals surface area (Å²) in [7, 11) is 0. The van der Waals surface area contributed by atoms with Gasteiger partial charge in [-0.2, -0.15) is 4.80 Å². The lowest BCUT2D eigenvalue weighted by atomic mass is 9.86. The van der Waals surface area contributed by atoms with Gasteiger partial charge in [-0.25, -0.2) is 4.79 Å². The Kier molecular flexibility index (Phi) is 3.24. The van der Waals surface area contributed by atoms with Crippen LogP contribution in [0.4, 0.5) is 0 Å². The van der Waals surface area contributed by atoms with Crippen LogP contribution in [0, 0.1) is 0 Å². The number of rotatable bonds is 3. The van der Waals surface area contributed by atoms with Crippen molar-refractivity contribution in [1.82, 2.24) is 20.2 Å². The third-order valence-corrected chi connectivity index (χ3v) is 2.51. The van der Waals surface area contributed by atoms with Crippen LogP contribution >= 0.6 is 0 Å². The summed E-state index contributed by atoms with van der Waals surface area (Å²) in [5.41, 5.74) is -1.43. The van der Waals surface area contributed by atoms with Crippen LogP contribution in [0.15, 0.2) is 0 Å². The monoisotopic (exact) mass is 242 g/mol. The highest BCUT2D eigenvalue weighted by Crippen LogP contribution is 2.24. The maximum absolute atomic E-state index is 10.8. The number of aliphatic hydroxyl groups is 1. The zero-order chi connectivity index (χ0) is 13.4. The molecule has 7 heteroatoms. The fourth-order valence-corrected chi connectivity index (χ4v) is 1.19. The van der Waals surface area contributed by atoms with Gasteiger partial charge in [-0.1, -0.05) is 0 Å². The zero-order valence-electron chi connectivity index (χ0n) is 10.7. The van der Waals surface area contributed by atoms with E-state index >= 15 is 0 Å². The molecule has 0 spiro atoms. The second-order valence-electron chi connectivity index (χ2n) is 5.54. The largest absolute Gasteiger partial charge is 0.479 e. The molecule has 0 aliphatic rings. The fraction of sp³-hybridized carbons (Fsp3) is 0.800. The molecule has 0 saturated heterocycles. The molecule has 0 aliphatic carbocycles. The van der Waals surface area contributed by atoms with Gasteiger partial charge in [0.2, 0.25) is 0 Å². The van der Waals surface area contributed by atoms with Crippen molar-refractivity contribution in [3.63, 3.8) is 0 Å². The number of tetrazole rings is 1. The molecular weight excluding hydrogens is 224 g/mol. The van der Waals surface area contributed by atoms with Crippen LogP contribution < -0.4 is 0 Å². The Morgan fingerprint density at radius 1 is 1.29 bits per heavy atom. The Hall–Kier alpha value is -1.50. The van der Waals surface area contributed by atoms with Crippen molar-refractivity contribution < 1.29 is 15.0 Å². The molecule has 1 aromatic heterocycles. The summed E-state index contributed by atoms with van der Waals surface area (Å²) in [4.78, 5) is 12.2. The van der Waals surface area contributed by atoms with Gasteiger partial charge in [0.25, 0.3) is 0 Å². The predicted molar refractivity (Wildman–Crippen MR) is 59.5 cm³/mol. The summed E-state index contributed by atoms with van der Waals surface area (Å²) >= 11 is 0. The minimum absolute atomic E-state index is 0.210. The molecule has 96 valence electrons. The molecule has 1 aromatic rings. The van der Waals surface area contributed by atoms with Crippen LogP contribution in [0.5, 0.6) is 0 Å². The first-order valence-corrected chi connectivity index (χ1v) is 5.28. The molecular formula is C10H18N4O3. The van der Waals surface area contributed by atoms with E-state index in [2.05, 4.69) is 15.4 Å². The second kappa shape index (κ2) is 4.06. The number of carboxylic acid groups (broad SMARTS) is 1. The van der Waals surface area contributed by atoms with Crippen LogP contribution in [0.25, 0.3) is 0 Å². The second-order valence-corrected chi connectivity index (χ2v) is 5.54. The van der Waals surface area contributed by atoms with E-state index in [1.54, 1.807) is 13.8 Å². The Morgan fingerprint density at radius 2 is 1.82 bits per heavy atom. The molecule has 1 unspecified atom stereocenters. The molecule has 0 aromatic carbocycles. The standard InChI is InChI=1S/C10H18N4O3/c1-9(2,3)14-12-8(11-13-14)10(4,5)6(15)7(16)17/h6,15H,1-5H3,(H,16,17). The van der Waals surface area contributed by atoms with Gasteiger partial charge in [0.1, 0.15) is 0 Å². The van der Waals surface area contributed by atoms with Crippen LogP contribution in [-0.2, 0) is 15.7 Å². The number of hydrogen-bond acceptors (Lipinski definition) is 5. The zero-order valence-corrected chi connectivity index (χ0v) is 10.7. The molecule has 17 heavy (non-hydrogen) atoms. The third kappa shape index (κ3) is 2.60. The van der Waals surface area contributed by atoms with Crippen molar-refractivity contribution in [3.8, 4) is 0 Å².